The monoisotopic (exact) mass is 420 g/mol. The van der Waals surface area contributed by atoms with E-state index in [4.69, 9.17) is 0 Å². The lowest BCUT2D eigenvalue weighted by Crippen LogP contribution is -2.49. The molecular formula is C20H28N4O4S. The molecule has 158 valence electrons. The minimum atomic E-state index is -3.19. The Kier molecular flexibility index (Phi) is 6.38. The average molecular weight is 421 g/mol. The van der Waals surface area contributed by atoms with Crippen LogP contribution in [0.25, 0.3) is 0 Å². The molecule has 3 rings (SSSR count). The van der Waals surface area contributed by atoms with E-state index in [1.165, 1.54) is 9.31 Å². The maximum atomic E-state index is 12.7. The fraction of sp³-hybridized carbons (Fsp3) is 0.550. The molecule has 0 spiro atoms. The summed E-state index contributed by atoms with van der Waals surface area (Å²) in [5, 5.41) is 8.64. The van der Waals surface area contributed by atoms with Crippen molar-refractivity contribution in [2.24, 2.45) is 5.10 Å². The maximum absolute atomic E-state index is 12.7. The minimum absolute atomic E-state index is 0.0864. The van der Waals surface area contributed by atoms with Gasteiger partial charge in [-0.15, -0.1) is 0 Å². The van der Waals surface area contributed by atoms with Crippen LogP contribution >= 0.6 is 0 Å². The molecule has 1 aromatic carbocycles. The molecule has 2 aliphatic heterocycles. The van der Waals surface area contributed by atoms with Crippen LogP contribution < -0.4 is 10.3 Å². The number of anilines is 1. The van der Waals surface area contributed by atoms with Crippen LogP contribution in [0.1, 0.15) is 43.7 Å². The van der Waals surface area contributed by atoms with E-state index in [-0.39, 0.29) is 30.0 Å². The van der Waals surface area contributed by atoms with Crippen molar-refractivity contribution in [2.75, 3.05) is 23.9 Å². The van der Waals surface area contributed by atoms with Crippen LogP contribution in [-0.4, -0.2) is 55.1 Å². The fourth-order valence-electron chi connectivity index (χ4n) is 3.58. The van der Waals surface area contributed by atoms with Gasteiger partial charge < -0.3 is 5.32 Å². The molecule has 2 amide bonds. The van der Waals surface area contributed by atoms with Crippen molar-refractivity contribution in [3.63, 3.8) is 0 Å². The number of hydrazone groups is 1. The van der Waals surface area contributed by atoms with E-state index in [1.54, 1.807) is 6.92 Å². The van der Waals surface area contributed by atoms with Crippen LogP contribution in [0.3, 0.4) is 0 Å². The van der Waals surface area contributed by atoms with Crippen molar-refractivity contribution in [1.29, 1.82) is 0 Å². The average Bonchev–Trinajstić information content (AvgIpc) is 2.70. The number of hydrogen-bond acceptors (Lipinski definition) is 5. The van der Waals surface area contributed by atoms with E-state index in [9.17, 15) is 18.0 Å². The van der Waals surface area contributed by atoms with Gasteiger partial charge in [-0.2, -0.15) is 5.10 Å². The number of amides is 2. The Morgan fingerprint density at radius 1 is 1.21 bits per heavy atom. The lowest BCUT2D eigenvalue weighted by atomic mass is 10.1. The van der Waals surface area contributed by atoms with E-state index >= 15 is 0 Å². The van der Waals surface area contributed by atoms with E-state index in [0.717, 1.165) is 11.1 Å². The summed E-state index contributed by atoms with van der Waals surface area (Å²) in [5.41, 5.74) is 2.95. The lowest BCUT2D eigenvalue weighted by Gasteiger charge is -2.32. The molecule has 1 aromatic rings. The zero-order chi connectivity index (χ0) is 21.2. The highest BCUT2D eigenvalue weighted by atomic mass is 32.2. The Morgan fingerprint density at radius 2 is 1.90 bits per heavy atom. The molecule has 1 saturated heterocycles. The topological polar surface area (TPSA) is 99.2 Å². The van der Waals surface area contributed by atoms with Gasteiger partial charge in [0.15, 0.2) is 0 Å². The number of sulfonamides is 1. The second kappa shape index (κ2) is 8.62. The van der Waals surface area contributed by atoms with Crippen molar-refractivity contribution in [1.82, 2.24) is 9.62 Å². The predicted molar refractivity (Wildman–Crippen MR) is 112 cm³/mol. The van der Waals surface area contributed by atoms with Crippen LogP contribution in [0.4, 0.5) is 5.69 Å². The molecular weight excluding hydrogens is 392 g/mol. The summed E-state index contributed by atoms with van der Waals surface area (Å²) in [7, 11) is -3.19. The molecule has 29 heavy (non-hydrogen) atoms. The number of piperidine rings is 1. The predicted octanol–water partition coefficient (Wildman–Crippen LogP) is 1.72. The molecule has 0 atom stereocenters. The Morgan fingerprint density at radius 3 is 2.55 bits per heavy atom. The number of nitrogens with one attached hydrogen (secondary N) is 1. The van der Waals surface area contributed by atoms with Crippen LogP contribution in [0.15, 0.2) is 23.3 Å². The Bertz CT molecular complexity index is 934. The molecule has 0 saturated carbocycles. The highest BCUT2D eigenvalue weighted by Gasteiger charge is 2.30. The van der Waals surface area contributed by atoms with Crippen LogP contribution in [0.5, 0.6) is 0 Å². The molecule has 0 aromatic heterocycles. The van der Waals surface area contributed by atoms with Crippen molar-refractivity contribution >= 4 is 33.2 Å². The Hall–Kier alpha value is -2.26. The second-order valence-corrected chi connectivity index (χ2v) is 9.85. The first-order valence-electron chi connectivity index (χ1n) is 9.97. The summed E-state index contributed by atoms with van der Waals surface area (Å²) < 4.78 is 25.4. The van der Waals surface area contributed by atoms with Crippen molar-refractivity contribution in [2.45, 2.75) is 52.5 Å². The SMILES string of the molecule is CCS(=O)(=O)N1CCC(NC(=O)C2=NN(c3cc(C)ccc3C)C(=O)CC2)CC1. The summed E-state index contributed by atoms with van der Waals surface area (Å²) in [6, 6.07) is 5.69. The summed E-state index contributed by atoms with van der Waals surface area (Å²) >= 11 is 0. The zero-order valence-electron chi connectivity index (χ0n) is 17.1. The van der Waals surface area contributed by atoms with Gasteiger partial charge >= 0.3 is 0 Å². The van der Waals surface area contributed by atoms with Crippen LogP contribution in [0.2, 0.25) is 0 Å². The number of benzene rings is 1. The highest BCUT2D eigenvalue weighted by Crippen LogP contribution is 2.25. The second-order valence-electron chi connectivity index (χ2n) is 7.59. The van der Waals surface area contributed by atoms with E-state index < -0.39 is 10.0 Å². The zero-order valence-corrected chi connectivity index (χ0v) is 18.0. The smallest absolute Gasteiger partial charge is 0.267 e. The molecule has 1 fully saturated rings. The normalized spacial score (nSPS) is 19.2. The first-order valence-corrected chi connectivity index (χ1v) is 11.6. The molecule has 9 heteroatoms. The summed E-state index contributed by atoms with van der Waals surface area (Å²) in [5.74, 6) is -0.332. The summed E-state index contributed by atoms with van der Waals surface area (Å²) in [6.45, 7) is 6.29. The molecule has 0 aliphatic carbocycles. The van der Waals surface area contributed by atoms with Gasteiger partial charge in [0, 0.05) is 32.0 Å². The summed E-state index contributed by atoms with van der Waals surface area (Å²) in [4.78, 5) is 25.1. The fourth-order valence-corrected chi connectivity index (χ4v) is 4.71. The maximum Gasteiger partial charge on any atom is 0.267 e. The molecule has 8 nitrogen and oxygen atoms in total. The minimum Gasteiger partial charge on any atom is -0.348 e. The van der Waals surface area contributed by atoms with Gasteiger partial charge in [0.25, 0.3) is 5.91 Å². The van der Waals surface area contributed by atoms with Crippen LogP contribution in [-0.2, 0) is 19.6 Å². The molecule has 2 heterocycles. The van der Waals surface area contributed by atoms with Crippen molar-refractivity contribution in [3.8, 4) is 0 Å². The lowest BCUT2D eigenvalue weighted by molar-refractivity contribution is -0.119. The van der Waals surface area contributed by atoms with Gasteiger partial charge in [-0.05, 0) is 50.8 Å². The third-order valence-corrected chi connectivity index (χ3v) is 7.32. The number of carbonyl (C=O) groups is 2. The van der Waals surface area contributed by atoms with Gasteiger partial charge in [0.2, 0.25) is 15.9 Å². The molecule has 0 bridgehead atoms. The van der Waals surface area contributed by atoms with Crippen LogP contribution in [0, 0.1) is 13.8 Å². The van der Waals surface area contributed by atoms with E-state index in [2.05, 4.69) is 10.4 Å². The third-order valence-electron chi connectivity index (χ3n) is 5.43. The standard InChI is InChI=1S/C20H28N4O4S/c1-4-29(27,28)23-11-9-16(10-12-23)21-20(26)17-7-8-19(25)24(22-17)18-13-14(2)5-6-15(18)3/h5-6,13,16H,4,7-12H2,1-3H3,(H,21,26). The van der Waals surface area contributed by atoms with Gasteiger partial charge in [-0.3, -0.25) is 9.59 Å². The molecule has 1 N–H and O–H groups in total. The third kappa shape index (κ3) is 4.84. The summed E-state index contributed by atoms with van der Waals surface area (Å²) in [6.07, 6.45) is 1.66. The first kappa shape index (κ1) is 21.4. The van der Waals surface area contributed by atoms with E-state index in [1.807, 2.05) is 32.0 Å². The number of rotatable bonds is 5. The number of nitrogens with zero attached hydrogens (tertiary/aromatic N) is 3. The molecule has 2 aliphatic rings. The van der Waals surface area contributed by atoms with Gasteiger partial charge in [-0.25, -0.2) is 17.7 Å². The Balaban J connectivity index is 1.68. The highest BCUT2D eigenvalue weighted by molar-refractivity contribution is 7.89. The molecule has 0 radical (unpaired) electrons. The van der Waals surface area contributed by atoms with E-state index in [0.29, 0.717) is 43.8 Å². The number of carbonyl (C=O) groups excluding carboxylic acids is 2. The van der Waals surface area contributed by atoms with Crippen molar-refractivity contribution in [3.05, 3.63) is 29.3 Å². The van der Waals surface area contributed by atoms with Gasteiger partial charge in [0.1, 0.15) is 5.71 Å². The van der Waals surface area contributed by atoms with Gasteiger partial charge in [-0.1, -0.05) is 12.1 Å². The molecule has 0 unspecified atom stereocenters. The number of aryl methyl sites for hydroxylation is 2. The first-order chi connectivity index (χ1) is 13.7. The quantitative estimate of drug-likeness (QED) is 0.784. The largest absolute Gasteiger partial charge is 0.348 e. The van der Waals surface area contributed by atoms with Crippen molar-refractivity contribution < 1.29 is 18.0 Å². The number of hydrogen-bond donors (Lipinski definition) is 1. The Labute approximate surface area is 172 Å². The van der Waals surface area contributed by atoms with Gasteiger partial charge in [0.05, 0.1) is 11.4 Å².